The largest absolute Gasteiger partial charge is 0.368 e. The van der Waals surface area contributed by atoms with Crippen molar-refractivity contribution in [3.63, 3.8) is 0 Å². The number of fused-ring (bicyclic) bond motifs is 1. The maximum atomic E-state index is 15.3. The van der Waals surface area contributed by atoms with E-state index in [1.807, 2.05) is 4.90 Å². The molecule has 0 spiro atoms. The lowest BCUT2D eigenvalue weighted by atomic mass is 9.93. The second-order valence-corrected chi connectivity index (χ2v) is 9.21. The van der Waals surface area contributed by atoms with E-state index in [1.54, 1.807) is 18.6 Å². The number of imidazole rings is 1. The van der Waals surface area contributed by atoms with Crippen LogP contribution in [0.3, 0.4) is 0 Å². The molecule has 6 rings (SSSR count). The Balaban J connectivity index is 1.38. The molecule has 0 bridgehead atoms. The fourth-order valence-electron chi connectivity index (χ4n) is 4.66. The molecular formula is C21H19BrFN9. The third-order valence-corrected chi connectivity index (χ3v) is 6.73. The van der Waals surface area contributed by atoms with E-state index < -0.39 is 5.67 Å². The van der Waals surface area contributed by atoms with E-state index in [0.717, 1.165) is 34.5 Å². The monoisotopic (exact) mass is 495 g/mol. The van der Waals surface area contributed by atoms with Crippen molar-refractivity contribution in [3.8, 4) is 11.4 Å². The molecule has 11 heteroatoms. The summed E-state index contributed by atoms with van der Waals surface area (Å²) in [4.78, 5) is 14.9. The third-order valence-electron chi connectivity index (χ3n) is 6.23. The molecule has 0 amide bonds. The standard InChI is InChI=1S/C21H19BrFN9/c22-15-2-1-12-4-16(5-13(12)3-15)32-18(9-25-19(32)14-6-26-20(24)27-7-14)31-10-21(23,11-31)17-8-28-30-29-17/h1-3,6-9,16H,4-5,10-11H2,(H2,24,26,27)(H,28,29,30). The molecule has 4 aromatic rings. The van der Waals surface area contributed by atoms with Gasteiger partial charge in [-0.15, -0.1) is 0 Å². The van der Waals surface area contributed by atoms with Crippen LogP contribution in [0.1, 0.15) is 22.9 Å². The number of nitrogens with one attached hydrogen (secondary N) is 1. The summed E-state index contributed by atoms with van der Waals surface area (Å²) in [6, 6.07) is 6.53. The van der Waals surface area contributed by atoms with Crippen LogP contribution in [0.4, 0.5) is 16.2 Å². The molecule has 1 saturated heterocycles. The van der Waals surface area contributed by atoms with Gasteiger partial charge in [0.05, 0.1) is 31.0 Å². The van der Waals surface area contributed by atoms with Crippen molar-refractivity contribution in [1.29, 1.82) is 0 Å². The van der Waals surface area contributed by atoms with Crippen molar-refractivity contribution >= 4 is 27.7 Å². The Bertz CT molecular complexity index is 1280. The molecule has 1 unspecified atom stereocenters. The molecule has 3 aromatic heterocycles. The van der Waals surface area contributed by atoms with Gasteiger partial charge in [-0.1, -0.05) is 22.0 Å². The van der Waals surface area contributed by atoms with Gasteiger partial charge in [0.15, 0.2) is 5.67 Å². The van der Waals surface area contributed by atoms with Crippen LogP contribution < -0.4 is 10.6 Å². The van der Waals surface area contributed by atoms with E-state index in [-0.39, 0.29) is 25.1 Å². The highest BCUT2D eigenvalue weighted by atomic mass is 79.9. The zero-order chi connectivity index (χ0) is 21.9. The Morgan fingerprint density at radius 2 is 1.84 bits per heavy atom. The lowest BCUT2D eigenvalue weighted by Crippen LogP contribution is -2.57. The van der Waals surface area contributed by atoms with Gasteiger partial charge in [-0.05, 0) is 36.1 Å². The summed E-state index contributed by atoms with van der Waals surface area (Å²) in [5.41, 5.74) is 7.85. The fourth-order valence-corrected chi connectivity index (χ4v) is 5.07. The number of halogens is 2. The van der Waals surface area contributed by atoms with Crippen molar-refractivity contribution in [3.05, 3.63) is 64.3 Å². The number of benzene rings is 1. The van der Waals surface area contributed by atoms with Gasteiger partial charge < -0.3 is 15.2 Å². The van der Waals surface area contributed by atoms with Gasteiger partial charge in [0.2, 0.25) is 5.95 Å². The molecule has 2 aliphatic rings. The van der Waals surface area contributed by atoms with Crippen molar-refractivity contribution in [2.45, 2.75) is 24.6 Å². The lowest BCUT2D eigenvalue weighted by Gasteiger charge is -2.45. The number of nitrogens with two attached hydrogens (primary N) is 1. The first-order valence-corrected chi connectivity index (χ1v) is 11.0. The second-order valence-electron chi connectivity index (χ2n) is 8.29. The van der Waals surface area contributed by atoms with Crippen molar-refractivity contribution in [2.75, 3.05) is 23.7 Å². The van der Waals surface area contributed by atoms with Crippen LogP contribution in [0.15, 0.2) is 47.5 Å². The van der Waals surface area contributed by atoms with E-state index in [9.17, 15) is 0 Å². The normalized spacial score (nSPS) is 19.1. The van der Waals surface area contributed by atoms with E-state index in [4.69, 9.17) is 5.73 Å². The maximum Gasteiger partial charge on any atom is 0.219 e. The van der Waals surface area contributed by atoms with Gasteiger partial charge in [-0.3, -0.25) is 0 Å². The highest BCUT2D eigenvalue weighted by Gasteiger charge is 2.48. The van der Waals surface area contributed by atoms with Crippen molar-refractivity contribution in [2.24, 2.45) is 0 Å². The molecule has 1 aliphatic heterocycles. The number of hydrogen-bond acceptors (Lipinski definition) is 7. The Labute approximate surface area is 191 Å². The molecule has 1 fully saturated rings. The third kappa shape index (κ3) is 3.07. The first kappa shape index (κ1) is 19.4. The zero-order valence-corrected chi connectivity index (χ0v) is 18.5. The lowest BCUT2D eigenvalue weighted by molar-refractivity contribution is 0.112. The minimum absolute atomic E-state index is 0.144. The van der Waals surface area contributed by atoms with E-state index in [1.165, 1.54) is 17.3 Å². The molecule has 0 radical (unpaired) electrons. The predicted molar refractivity (Wildman–Crippen MR) is 120 cm³/mol. The van der Waals surface area contributed by atoms with Crippen LogP contribution in [-0.2, 0) is 18.5 Å². The van der Waals surface area contributed by atoms with Gasteiger partial charge in [-0.2, -0.15) is 15.4 Å². The number of H-pyrrole nitrogens is 1. The topological polar surface area (TPSA) is 114 Å². The number of rotatable bonds is 4. The number of nitrogens with zero attached hydrogens (tertiary/aromatic N) is 7. The predicted octanol–water partition coefficient (Wildman–Crippen LogP) is 2.83. The molecule has 1 atom stereocenters. The average Bonchev–Trinajstić information content (AvgIpc) is 3.50. The SMILES string of the molecule is Nc1ncc(-c2ncc(N3CC(F)(c4cn[nH]n4)C3)n2C2Cc3ccc(Br)cc3C2)cn1. The van der Waals surface area contributed by atoms with Crippen molar-refractivity contribution in [1.82, 2.24) is 34.9 Å². The van der Waals surface area contributed by atoms with Crippen LogP contribution in [0, 0.1) is 0 Å². The minimum Gasteiger partial charge on any atom is -0.368 e. The fraction of sp³-hybridized carbons (Fsp3) is 0.286. The summed E-state index contributed by atoms with van der Waals surface area (Å²) in [5.74, 6) is 1.82. The van der Waals surface area contributed by atoms with E-state index in [2.05, 4.69) is 69.1 Å². The molecule has 1 aliphatic carbocycles. The summed E-state index contributed by atoms with van der Waals surface area (Å²) in [5, 5.41) is 10.2. The second kappa shape index (κ2) is 7.09. The van der Waals surface area contributed by atoms with Gasteiger partial charge in [0, 0.05) is 22.9 Å². The van der Waals surface area contributed by atoms with Crippen LogP contribution >= 0.6 is 15.9 Å². The van der Waals surface area contributed by atoms with Gasteiger partial charge >= 0.3 is 0 Å². The molecule has 0 saturated carbocycles. The number of aromatic amines is 1. The Kier molecular flexibility index (Phi) is 4.29. The smallest absolute Gasteiger partial charge is 0.219 e. The van der Waals surface area contributed by atoms with E-state index in [0.29, 0.717) is 5.69 Å². The van der Waals surface area contributed by atoms with Gasteiger partial charge in [0.25, 0.3) is 0 Å². The van der Waals surface area contributed by atoms with Crippen LogP contribution in [0.25, 0.3) is 11.4 Å². The molecule has 3 N–H and O–H groups in total. The van der Waals surface area contributed by atoms with E-state index >= 15 is 4.39 Å². The molecular weight excluding hydrogens is 477 g/mol. The molecule has 162 valence electrons. The van der Waals surface area contributed by atoms with Gasteiger partial charge in [0.1, 0.15) is 17.3 Å². The van der Waals surface area contributed by atoms with Crippen LogP contribution in [-0.4, -0.2) is 48.0 Å². The molecule has 32 heavy (non-hydrogen) atoms. The number of aromatic nitrogens is 7. The van der Waals surface area contributed by atoms with Gasteiger partial charge in [-0.25, -0.2) is 19.3 Å². The first-order valence-electron chi connectivity index (χ1n) is 10.2. The molecule has 9 nitrogen and oxygen atoms in total. The summed E-state index contributed by atoms with van der Waals surface area (Å²) in [6.45, 7) is 0.377. The quantitative estimate of drug-likeness (QED) is 0.447. The van der Waals surface area contributed by atoms with Crippen LogP contribution in [0.5, 0.6) is 0 Å². The van der Waals surface area contributed by atoms with Crippen molar-refractivity contribution < 1.29 is 4.39 Å². The Hall–Kier alpha value is -3.34. The summed E-state index contributed by atoms with van der Waals surface area (Å²) < 4.78 is 18.6. The first-order chi connectivity index (χ1) is 15.5. The zero-order valence-electron chi connectivity index (χ0n) is 16.9. The Morgan fingerprint density at radius 3 is 2.59 bits per heavy atom. The maximum absolute atomic E-state index is 15.3. The number of hydrogen-bond donors (Lipinski definition) is 2. The van der Waals surface area contributed by atoms with Crippen LogP contribution in [0.2, 0.25) is 0 Å². The number of anilines is 2. The average molecular weight is 496 g/mol. The Morgan fingerprint density at radius 1 is 1.06 bits per heavy atom. The summed E-state index contributed by atoms with van der Waals surface area (Å²) >= 11 is 3.57. The summed E-state index contributed by atoms with van der Waals surface area (Å²) in [7, 11) is 0. The number of alkyl halides is 1. The number of nitrogen functional groups attached to an aromatic ring is 1. The highest BCUT2D eigenvalue weighted by Crippen LogP contribution is 2.42. The molecule has 1 aromatic carbocycles. The highest BCUT2D eigenvalue weighted by molar-refractivity contribution is 9.10. The minimum atomic E-state index is -1.53. The summed E-state index contributed by atoms with van der Waals surface area (Å²) in [6.07, 6.45) is 8.32. The molecule has 4 heterocycles.